The highest BCUT2D eigenvalue weighted by molar-refractivity contribution is 9.10. The number of urea groups is 1. The van der Waals surface area contributed by atoms with Gasteiger partial charge >= 0.3 is 6.03 Å². The van der Waals surface area contributed by atoms with E-state index in [4.69, 9.17) is 23.2 Å². The summed E-state index contributed by atoms with van der Waals surface area (Å²) in [5, 5.41) is 8.84. The fraction of sp³-hybridized carbons (Fsp3) is 0.125. The van der Waals surface area contributed by atoms with Gasteiger partial charge in [-0.25, -0.2) is 4.79 Å². The summed E-state index contributed by atoms with van der Waals surface area (Å²) in [6.07, 6.45) is 0. The minimum absolute atomic E-state index is 0.296. The zero-order valence-corrected chi connectivity index (χ0v) is 15.7. The van der Waals surface area contributed by atoms with E-state index in [1.165, 1.54) is 6.07 Å². The van der Waals surface area contributed by atoms with Crippen molar-refractivity contribution in [2.24, 2.45) is 0 Å². The largest absolute Gasteiger partial charge is 0.352 e. The molecule has 0 bridgehead atoms. The Hall–Kier alpha value is -1.76. The van der Waals surface area contributed by atoms with Gasteiger partial charge in [0.25, 0.3) is 5.91 Å². The normalized spacial score (nSPS) is 10.2. The van der Waals surface area contributed by atoms with Crippen LogP contribution in [0.25, 0.3) is 0 Å². The zero-order chi connectivity index (χ0) is 17.7. The quantitative estimate of drug-likeness (QED) is 0.627. The van der Waals surface area contributed by atoms with E-state index in [0.29, 0.717) is 33.5 Å². The van der Waals surface area contributed by atoms with E-state index in [1.807, 2.05) is 6.92 Å². The highest BCUT2D eigenvalue weighted by Gasteiger charge is 2.14. The molecule has 0 fully saturated rings. The predicted octanol–water partition coefficient (Wildman–Crippen LogP) is 5.15. The Morgan fingerprint density at radius 2 is 1.79 bits per heavy atom. The van der Waals surface area contributed by atoms with E-state index in [1.54, 1.807) is 30.3 Å². The van der Waals surface area contributed by atoms with Crippen LogP contribution < -0.4 is 16.0 Å². The maximum Gasteiger partial charge on any atom is 0.323 e. The smallest absolute Gasteiger partial charge is 0.323 e. The number of rotatable bonds is 4. The van der Waals surface area contributed by atoms with Crippen molar-refractivity contribution in [3.05, 3.63) is 56.5 Å². The minimum atomic E-state index is -0.517. The second-order valence-electron chi connectivity index (χ2n) is 4.79. The van der Waals surface area contributed by atoms with Gasteiger partial charge in [-0.05, 0) is 43.3 Å². The van der Waals surface area contributed by atoms with Crippen LogP contribution in [0.15, 0.2) is 40.9 Å². The number of amides is 3. The monoisotopic (exact) mass is 429 g/mol. The van der Waals surface area contributed by atoms with Crippen LogP contribution in [0.1, 0.15) is 17.3 Å². The van der Waals surface area contributed by atoms with Gasteiger partial charge in [-0.15, -0.1) is 0 Å². The Bertz CT molecular complexity index is 764. The summed E-state index contributed by atoms with van der Waals surface area (Å²) < 4.78 is 0.732. The van der Waals surface area contributed by atoms with Crippen molar-refractivity contribution in [2.75, 3.05) is 17.2 Å². The molecule has 0 aliphatic rings. The maximum absolute atomic E-state index is 12.2. The first kappa shape index (κ1) is 18.6. The van der Waals surface area contributed by atoms with Crippen molar-refractivity contribution in [1.82, 2.24) is 5.32 Å². The Kier molecular flexibility index (Phi) is 6.48. The molecule has 0 aromatic heterocycles. The van der Waals surface area contributed by atoms with Crippen LogP contribution in [0.4, 0.5) is 16.2 Å². The molecular formula is C16H14BrCl2N3O2. The van der Waals surface area contributed by atoms with Crippen LogP contribution in [-0.2, 0) is 0 Å². The molecule has 0 saturated carbocycles. The van der Waals surface area contributed by atoms with Crippen LogP contribution in [0, 0.1) is 0 Å². The van der Waals surface area contributed by atoms with E-state index >= 15 is 0 Å². The Morgan fingerprint density at radius 1 is 1.04 bits per heavy atom. The van der Waals surface area contributed by atoms with Crippen LogP contribution in [0.5, 0.6) is 0 Å². The van der Waals surface area contributed by atoms with E-state index in [2.05, 4.69) is 31.9 Å². The number of halogens is 3. The van der Waals surface area contributed by atoms with Crippen molar-refractivity contribution in [3.63, 3.8) is 0 Å². The Morgan fingerprint density at radius 3 is 2.46 bits per heavy atom. The molecule has 0 radical (unpaired) electrons. The van der Waals surface area contributed by atoms with E-state index in [0.717, 1.165) is 4.47 Å². The molecule has 0 spiro atoms. The number of carbonyl (C=O) groups excluding carboxylic acids is 2. The SMILES string of the molecule is CCNC(=O)c1ccc(Cl)cc1NC(=O)Nc1cc(Cl)cc(Br)c1. The molecule has 8 heteroatoms. The predicted molar refractivity (Wildman–Crippen MR) is 101 cm³/mol. The van der Waals surface area contributed by atoms with Gasteiger partial charge in [0.2, 0.25) is 0 Å². The summed E-state index contributed by atoms with van der Waals surface area (Å²) in [5.74, 6) is -0.296. The van der Waals surface area contributed by atoms with Gasteiger partial charge in [-0.2, -0.15) is 0 Å². The van der Waals surface area contributed by atoms with Gasteiger partial charge in [0, 0.05) is 26.8 Å². The second-order valence-corrected chi connectivity index (χ2v) is 6.58. The van der Waals surface area contributed by atoms with Gasteiger partial charge in [0.1, 0.15) is 0 Å². The third-order valence-electron chi connectivity index (χ3n) is 2.93. The van der Waals surface area contributed by atoms with Gasteiger partial charge in [-0.1, -0.05) is 39.1 Å². The number of anilines is 2. The van der Waals surface area contributed by atoms with Gasteiger partial charge < -0.3 is 16.0 Å². The van der Waals surface area contributed by atoms with E-state index in [9.17, 15) is 9.59 Å². The first-order chi connectivity index (χ1) is 11.4. The Labute approximate surface area is 157 Å². The summed E-state index contributed by atoms with van der Waals surface area (Å²) in [6, 6.07) is 9.15. The zero-order valence-electron chi connectivity index (χ0n) is 12.6. The second kappa shape index (κ2) is 8.37. The summed E-state index contributed by atoms with van der Waals surface area (Å²) in [5.41, 5.74) is 1.14. The first-order valence-corrected chi connectivity index (χ1v) is 8.55. The maximum atomic E-state index is 12.2. The molecule has 0 unspecified atom stereocenters. The summed E-state index contributed by atoms with van der Waals surface area (Å²) in [4.78, 5) is 24.2. The molecule has 5 nitrogen and oxygen atoms in total. The highest BCUT2D eigenvalue weighted by atomic mass is 79.9. The Balaban J connectivity index is 2.18. The highest BCUT2D eigenvalue weighted by Crippen LogP contribution is 2.24. The van der Waals surface area contributed by atoms with Crippen LogP contribution in [-0.4, -0.2) is 18.5 Å². The fourth-order valence-electron chi connectivity index (χ4n) is 1.98. The van der Waals surface area contributed by atoms with E-state index < -0.39 is 6.03 Å². The third-order valence-corrected chi connectivity index (χ3v) is 3.84. The van der Waals surface area contributed by atoms with Gasteiger partial charge in [0.15, 0.2) is 0 Å². The average Bonchev–Trinajstić information content (AvgIpc) is 2.46. The molecule has 3 amide bonds. The minimum Gasteiger partial charge on any atom is -0.352 e. The molecule has 2 aromatic carbocycles. The lowest BCUT2D eigenvalue weighted by molar-refractivity contribution is 0.0956. The lowest BCUT2D eigenvalue weighted by Crippen LogP contribution is -2.26. The number of nitrogens with one attached hydrogen (secondary N) is 3. The number of carbonyl (C=O) groups is 2. The molecule has 2 rings (SSSR count). The van der Waals surface area contributed by atoms with Crippen LogP contribution >= 0.6 is 39.1 Å². The van der Waals surface area contributed by atoms with E-state index in [-0.39, 0.29) is 5.91 Å². The standard InChI is InChI=1S/C16H14BrCl2N3O2/c1-2-20-15(23)13-4-3-10(18)8-14(13)22-16(24)21-12-6-9(17)5-11(19)7-12/h3-8H,2H2,1H3,(H,20,23)(H2,21,22,24). The van der Waals surface area contributed by atoms with Crippen molar-refractivity contribution in [3.8, 4) is 0 Å². The number of benzene rings is 2. The first-order valence-electron chi connectivity index (χ1n) is 7.01. The number of hydrogen-bond donors (Lipinski definition) is 3. The van der Waals surface area contributed by atoms with Crippen molar-refractivity contribution < 1.29 is 9.59 Å². The van der Waals surface area contributed by atoms with Crippen molar-refractivity contribution >= 4 is 62.4 Å². The molecule has 0 heterocycles. The molecule has 0 aliphatic carbocycles. The van der Waals surface area contributed by atoms with Crippen molar-refractivity contribution in [1.29, 1.82) is 0 Å². The van der Waals surface area contributed by atoms with Crippen molar-refractivity contribution in [2.45, 2.75) is 6.92 Å². The molecule has 0 aliphatic heterocycles. The lowest BCUT2D eigenvalue weighted by atomic mass is 10.1. The molecule has 0 atom stereocenters. The molecular weight excluding hydrogens is 417 g/mol. The lowest BCUT2D eigenvalue weighted by Gasteiger charge is -2.12. The van der Waals surface area contributed by atoms with Crippen LogP contribution in [0.2, 0.25) is 10.0 Å². The molecule has 3 N–H and O–H groups in total. The number of hydrogen-bond acceptors (Lipinski definition) is 2. The molecule has 2 aromatic rings. The topological polar surface area (TPSA) is 70.2 Å². The average molecular weight is 431 g/mol. The van der Waals surface area contributed by atoms with Crippen LogP contribution in [0.3, 0.4) is 0 Å². The fourth-order valence-corrected chi connectivity index (χ4v) is 3.02. The molecule has 24 heavy (non-hydrogen) atoms. The molecule has 0 saturated heterocycles. The third kappa shape index (κ3) is 5.12. The van der Waals surface area contributed by atoms with Gasteiger partial charge in [-0.3, -0.25) is 4.79 Å². The summed E-state index contributed by atoms with van der Waals surface area (Å²) in [7, 11) is 0. The summed E-state index contributed by atoms with van der Waals surface area (Å²) >= 11 is 15.2. The summed E-state index contributed by atoms with van der Waals surface area (Å²) in [6.45, 7) is 2.29. The molecule has 126 valence electrons. The van der Waals surface area contributed by atoms with Gasteiger partial charge in [0.05, 0.1) is 11.3 Å².